The predicted octanol–water partition coefficient (Wildman–Crippen LogP) is 6.65. The van der Waals surface area contributed by atoms with E-state index in [2.05, 4.69) is 31.9 Å². The van der Waals surface area contributed by atoms with E-state index in [0.717, 1.165) is 42.8 Å². The molecule has 0 saturated carbocycles. The SMILES string of the molecule is Brc1ccc(-c2nc3nc(-c4ccccc4)c(-c4ccccc4)nn3c2Br)cc1. The first-order valence-corrected chi connectivity index (χ1v) is 10.6. The van der Waals surface area contributed by atoms with Gasteiger partial charge in [-0.15, -0.1) is 0 Å². The molecular formula is C23H14Br2N4. The highest BCUT2D eigenvalue weighted by Gasteiger charge is 2.19. The summed E-state index contributed by atoms with van der Waals surface area (Å²) in [6, 6.07) is 28.2. The number of hydrogen-bond donors (Lipinski definition) is 0. The fourth-order valence-electron chi connectivity index (χ4n) is 3.22. The van der Waals surface area contributed by atoms with Gasteiger partial charge in [0.1, 0.15) is 21.7 Å². The Balaban J connectivity index is 1.78. The number of nitrogens with zero attached hydrogens (tertiary/aromatic N) is 4. The van der Waals surface area contributed by atoms with E-state index in [1.165, 1.54) is 0 Å². The molecule has 5 rings (SSSR count). The van der Waals surface area contributed by atoms with Gasteiger partial charge < -0.3 is 0 Å². The third-order valence-corrected chi connectivity index (χ3v) is 5.87. The summed E-state index contributed by atoms with van der Waals surface area (Å²) in [6.45, 7) is 0. The number of hydrogen-bond acceptors (Lipinski definition) is 3. The van der Waals surface area contributed by atoms with Gasteiger partial charge in [-0.05, 0) is 28.1 Å². The van der Waals surface area contributed by atoms with Crippen molar-refractivity contribution >= 4 is 37.6 Å². The van der Waals surface area contributed by atoms with Crippen LogP contribution in [0.15, 0.2) is 94.0 Å². The largest absolute Gasteiger partial charge is 0.253 e. The lowest BCUT2D eigenvalue weighted by molar-refractivity contribution is 0.895. The monoisotopic (exact) mass is 504 g/mol. The van der Waals surface area contributed by atoms with Crippen molar-refractivity contribution in [1.29, 1.82) is 0 Å². The lowest BCUT2D eigenvalue weighted by Gasteiger charge is -2.09. The van der Waals surface area contributed by atoms with Crippen LogP contribution in [0.3, 0.4) is 0 Å². The molecule has 5 aromatic rings. The van der Waals surface area contributed by atoms with Crippen molar-refractivity contribution in [3.63, 3.8) is 0 Å². The Kier molecular flexibility index (Phi) is 4.73. The highest BCUT2D eigenvalue weighted by atomic mass is 79.9. The Morgan fingerprint density at radius 2 is 1.07 bits per heavy atom. The third-order valence-electron chi connectivity index (χ3n) is 4.63. The molecule has 0 saturated heterocycles. The smallest absolute Gasteiger partial charge is 0.209 e. The standard InChI is InChI=1S/C23H14Br2N4/c24-18-13-11-17(12-14-18)21-22(25)29-23(27-21)26-19(15-7-3-1-4-8-15)20(28-29)16-9-5-2-6-10-16/h1-14H. The van der Waals surface area contributed by atoms with Gasteiger partial charge in [0.2, 0.25) is 0 Å². The van der Waals surface area contributed by atoms with E-state index in [9.17, 15) is 0 Å². The predicted molar refractivity (Wildman–Crippen MR) is 122 cm³/mol. The van der Waals surface area contributed by atoms with Gasteiger partial charge in [0, 0.05) is 21.2 Å². The van der Waals surface area contributed by atoms with E-state index in [0.29, 0.717) is 5.78 Å². The van der Waals surface area contributed by atoms with Gasteiger partial charge in [-0.3, -0.25) is 0 Å². The van der Waals surface area contributed by atoms with E-state index in [-0.39, 0.29) is 0 Å². The summed E-state index contributed by atoms with van der Waals surface area (Å²) in [5.74, 6) is 0.549. The number of benzene rings is 3. The topological polar surface area (TPSA) is 43.1 Å². The fraction of sp³-hybridized carbons (Fsp3) is 0. The van der Waals surface area contributed by atoms with E-state index in [4.69, 9.17) is 15.1 Å². The highest BCUT2D eigenvalue weighted by molar-refractivity contribution is 9.10. The molecule has 6 heteroatoms. The number of aromatic nitrogens is 4. The number of rotatable bonds is 3. The molecule has 140 valence electrons. The van der Waals surface area contributed by atoms with E-state index in [1.807, 2.05) is 84.9 Å². The van der Waals surface area contributed by atoms with Crippen LogP contribution in [0.25, 0.3) is 39.5 Å². The third kappa shape index (κ3) is 3.39. The Bertz CT molecular complexity index is 1300. The molecule has 2 heterocycles. The van der Waals surface area contributed by atoms with Gasteiger partial charge in [0.05, 0.1) is 0 Å². The van der Waals surface area contributed by atoms with Crippen LogP contribution >= 0.6 is 31.9 Å². The second kappa shape index (κ2) is 7.54. The highest BCUT2D eigenvalue weighted by Crippen LogP contribution is 2.33. The Hall–Kier alpha value is -2.83. The van der Waals surface area contributed by atoms with Crippen LogP contribution in [0.5, 0.6) is 0 Å². The molecule has 0 aliphatic rings. The molecule has 0 N–H and O–H groups in total. The molecule has 0 radical (unpaired) electrons. The number of imidazole rings is 1. The Morgan fingerprint density at radius 1 is 0.552 bits per heavy atom. The normalized spacial score (nSPS) is 11.1. The zero-order valence-corrected chi connectivity index (χ0v) is 18.3. The zero-order chi connectivity index (χ0) is 19.8. The molecule has 0 fully saturated rings. The summed E-state index contributed by atoms with van der Waals surface area (Å²) in [4.78, 5) is 9.66. The van der Waals surface area contributed by atoms with Crippen molar-refractivity contribution < 1.29 is 0 Å². The first kappa shape index (κ1) is 18.2. The van der Waals surface area contributed by atoms with Crippen LogP contribution in [-0.4, -0.2) is 19.6 Å². The molecule has 0 unspecified atom stereocenters. The van der Waals surface area contributed by atoms with E-state index < -0.39 is 0 Å². The van der Waals surface area contributed by atoms with Crippen LogP contribution in [0.4, 0.5) is 0 Å². The lowest BCUT2D eigenvalue weighted by atomic mass is 10.0. The molecule has 0 aliphatic heterocycles. The molecule has 0 spiro atoms. The van der Waals surface area contributed by atoms with Gasteiger partial charge >= 0.3 is 0 Å². The van der Waals surface area contributed by atoms with Crippen molar-refractivity contribution in [2.24, 2.45) is 0 Å². The second-order valence-electron chi connectivity index (χ2n) is 6.51. The second-order valence-corrected chi connectivity index (χ2v) is 8.18. The zero-order valence-electron chi connectivity index (χ0n) is 15.1. The van der Waals surface area contributed by atoms with Crippen LogP contribution in [0.1, 0.15) is 0 Å². The lowest BCUT2D eigenvalue weighted by Crippen LogP contribution is -2.01. The summed E-state index contributed by atoms with van der Waals surface area (Å²) < 4.78 is 3.56. The Labute approximate surface area is 184 Å². The quantitative estimate of drug-likeness (QED) is 0.275. The fourth-order valence-corrected chi connectivity index (χ4v) is 4.04. The molecule has 0 amide bonds. The summed E-state index contributed by atoms with van der Waals surface area (Å²) in [6.07, 6.45) is 0. The van der Waals surface area contributed by atoms with Crippen molar-refractivity contribution in [2.75, 3.05) is 0 Å². The van der Waals surface area contributed by atoms with E-state index >= 15 is 0 Å². The van der Waals surface area contributed by atoms with Crippen molar-refractivity contribution in [3.05, 3.63) is 94.0 Å². The van der Waals surface area contributed by atoms with Gasteiger partial charge in [0.15, 0.2) is 0 Å². The molecule has 0 aliphatic carbocycles. The summed E-state index contributed by atoms with van der Waals surface area (Å²) in [7, 11) is 0. The van der Waals surface area contributed by atoms with Crippen LogP contribution in [0, 0.1) is 0 Å². The van der Waals surface area contributed by atoms with Crippen LogP contribution in [0.2, 0.25) is 0 Å². The minimum absolute atomic E-state index is 0.549. The molecule has 2 aromatic heterocycles. The Morgan fingerprint density at radius 3 is 1.69 bits per heavy atom. The van der Waals surface area contributed by atoms with Crippen LogP contribution in [-0.2, 0) is 0 Å². The van der Waals surface area contributed by atoms with Gasteiger partial charge in [-0.1, -0.05) is 88.7 Å². The molecular weight excluding hydrogens is 492 g/mol. The number of halogens is 2. The molecule has 29 heavy (non-hydrogen) atoms. The van der Waals surface area contributed by atoms with Gasteiger partial charge in [-0.25, -0.2) is 9.97 Å². The van der Waals surface area contributed by atoms with Crippen molar-refractivity contribution in [3.8, 4) is 33.8 Å². The average molecular weight is 506 g/mol. The summed E-state index contributed by atoms with van der Waals surface area (Å²) >= 11 is 7.16. The maximum Gasteiger partial charge on any atom is 0.253 e. The molecule has 3 aromatic carbocycles. The van der Waals surface area contributed by atoms with Gasteiger partial charge in [-0.2, -0.15) is 9.61 Å². The maximum absolute atomic E-state index is 4.92. The summed E-state index contributed by atoms with van der Waals surface area (Å²) in [5.41, 5.74) is 5.43. The van der Waals surface area contributed by atoms with Crippen LogP contribution < -0.4 is 0 Å². The molecule has 0 bridgehead atoms. The minimum Gasteiger partial charge on any atom is -0.209 e. The van der Waals surface area contributed by atoms with Crippen molar-refractivity contribution in [1.82, 2.24) is 19.6 Å². The van der Waals surface area contributed by atoms with Gasteiger partial charge in [0.25, 0.3) is 5.78 Å². The molecule has 0 atom stereocenters. The first-order chi connectivity index (χ1) is 14.2. The first-order valence-electron chi connectivity index (χ1n) is 9.04. The summed E-state index contributed by atoms with van der Waals surface area (Å²) in [5, 5.41) is 4.92. The average Bonchev–Trinajstić information content (AvgIpc) is 3.10. The maximum atomic E-state index is 4.92. The number of fused-ring (bicyclic) bond motifs is 1. The molecule has 4 nitrogen and oxygen atoms in total. The minimum atomic E-state index is 0.549. The van der Waals surface area contributed by atoms with E-state index in [1.54, 1.807) is 4.52 Å². The van der Waals surface area contributed by atoms with Crippen molar-refractivity contribution in [2.45, 2.75) is 0 Å².